The molecular formula is C12H13N3OS. The molecule has 0 aliphatic rings. The molecule has 0 atom stereocenters. The fourth-order valence-corrected chi connectivity index (χ4v) is 1.53. The third-order valence-corrected chi connectivity index (χ3v) is 2.63. The first kappa shape index (κ1) is 11.7. The van der Waals surface area contributed by atoms with Crippen LogP contribution >= 0.6 is 12.6 Å². The average Bonchev–Trinajstić information content (AvgIpc) is 2.78. The molecule has 2 aromatic rings. The quantitative estimate of drug-likeness (QED) is 0.729. The number of benzene rings is 1. The summed E-state index contributed by atoms with van der Waals surface area (Å²) >= 11 is 3.89. The van der Waals surface area contributed by atoms with Crippen LogP contribution < -0.4 is 5.32 Å². The van der Waals surface area contributed by atoms with Crippen molar-refractivity contribution in [1.29, 1.82) is 0 Å². The Kier molecular flexibility index (Phi) is 3.49. The molecule has 1 aromatic carbocycles. The molecule has 2 rings (SSSR count). The highest BCUT2D eigenvalue weighted by Crippen LogP contribution is 2.19. The monoisotopic (exact) mass is 247 g/mol. The molecule has 0 spiro atoms. The van der Waals surface area contributed by atoms with Crippen molar-refractivity contribution in [1.82, 2.24) is 10.2 Å². The molecule has 1 heterocycles. The minimum Gasteiger partial charge on any atom is -0.310 e. The van der Waals surface area contributed by atoms with Gasteiger partial charge >= 0.3 is 0 Å². The van der Waals surface area contributed by atoms with E-state index in [1.807, 2.05) is 31.2 Å². The Hall–Kier alpha value is -1.75. The van der Waals surface area contributed by atoms with Gasteiger partial charge < -0.3 is 5.32 Å². The highest BCUT2D eigenvalue weighted by molar-refractivity contribution is 7.81. The van der Waals surface area contributed by atoms with Crippen molar-refractivity contribution in [3.63, 3.8) is 0 Å². The third-order valence-electron chi connectivity index (χ3n) is 2.34. The zero-order chi connectivity index (χ0) is 12.3. The summed E-state index contributed by atoms with van der Waals surface area (Å²) in [5.41, 5.74) is 3.02. The van der Waals surface area contributed by atoms with Crippen LogP contribution in [0.25, 0.3) is 11.3 Å². The fraction of sp³-hybridized carbons (Fsp3) is 0.167. The normalized spacial score (nSPS) is 10.2. The average molecular weight is 247 g/mol. The summed E-state index contributed by atoms with van der Waals surface area (Å²) < 4.78 is 0. The van der Waals surface area contributed by atoms with Crippen LogP contribution in [0, 0.1) is 6.92 Å². The molecule has 0 aliphatic carbocycles. The number of aromatic amines is 1. The topological polar surface area (TPSA) is 57.8 Å². The number of amides is 1. The van der Waals surface area contributed by atoms with Crippen molar-refractivity contribution in [2.45, 2.75) is 6.92 Å². The van der Waals surface area contributed by atoms with Gasteiger partial charge in [-0.2, -0.15) is 17.7 Å². The molecule has 1 amide bonds. The van der Waals surface area contributed by atoms with Gasteiger partial charge in [-0.15, -0.1) is 0 Å². The summed E-state index contributed by atoms with van der Waals surface area (Å²) in [4.78, 5) is 11.1. The number of carbonyl (C=O) groups is 1. The van der Waals surface area contributed by atoms with Crippen molar-refractivity contribution in [3.05, 3.63) is 35.9 Å². The Morgan fingerprint density at radius 3 is 2.76 bits per heavy atom. The molecule has 4 nitrogen and oxygen atoms in total. The predicted molar refractivity (Wildman–Crippen MR) is 71.2 cm³/mol. The largest absolute Gasteiger partial charge is 0.310 e. The standard InChI is InChI=1S/C12H13N3OS/c1-8-2-4-9(5-3-8)10-6-11(15-14-10)13-12(16)7-17/h2-6,17H,7H2,1H3,(H2,13,14,15,16). The Morgan fingerprint density at radius 2 is 2.12 bits per heavy atom. The SMILES string of the molecule is Cc1ccc(-c2cc(NC(=O)CS)[nH]n2)cc1. The fourth-order valence-electron chi connectivity index (χ4n) is 1.45. The van der Waals surface area contributed by atoms with Gasteiger partial charge in [0, 0.05) is 11.6 Å². The van der Waals surface area contributed by atoms with E-state index in [1.54, 1.807) is 6.07 Å². The van der Waals surface area contributed by atoms with Crippen LogP contribution in [0.3, 0.4) is 0 Å². The molecule has 2 N–H and O–H groups in total. The number of nitrogens with one attached hydrogen (secondary N) is 2. The van der Waals surface area contributed by atoms with Crippen LogP contribution in [0.1, 0.15) is 5.56 Å². The van der Waals surface area contributed by atoms with E-state index in [9.17, 15) is 4.79 Å². The maximum Gasteiger partial charge on any atom is 0.235 e. The second-order valence-corrected chi connectivity index (χ2v) is 4.06. The number of aromatic nitrogens is 2. The molecular weight excluding hydrogens is 234 g/mol. The van der Waals surface area contributed by atoms with Crippen molar-refractivity contribution in [2.24, 2.45) is 0 Å². The minimum atomic E-state index is -0.160. The van der Waals surface area contributed by atoms with Crippen LogP contribution in [-0.4, -0.2) is 21.9 Å². The van der Waals surface area contributed by atoms with Crippen LogP contribution in [0.15, 0.2) is 30.3 Å². The smallest absolute Gasteiger partial charge is 0.235 e. The maximum atomic E-state index is 11.1. The number of hydrogen-bond donors (Lipinski definition) is 3. The molecule has 5 heteroatoms. The zero-order valence-corrected chi connectivity index (χ0v) is 10.3. The Balaban J connectivity index is 2.18. The van der Waals surface area contributed by atoms with E-state index in [0.717, 1.165) is 11.3 Å². The van der Waals surface area contributed by atoms with Gasteiger partial charge in [-0.05, 0) is 6.92 Å². The van der Waals surface area contributed by atoms with Gasteiger partial charge in [-0.25, -0.2) is 0 Å². The lowest BCUT2D eigenvalue weighted by molar-refractivity contribution is -0.113. The number of anilines is 1. The van der Waals surface area contributed by atoms with Gasteiger partial charge in [0.1, 0.15) is 5.82 Å². The number of H-pyrrole nitrogens is 1. The van der Waals surface area contributed by atoms with E-state index in [0.29, 0.717) is 5.82 Å². The molecule has 0 aliphatic heterocycles. The van der Waals surface area contributed by atoms with Gasteiger partial charge in [0.2, 0.25) is 5.91 Å². The van der Waals surface area contributed by atoms with Crippen molar-refractivity contribution in [3.8, 4) is 11.3 Å². The number of rotatable bonds is 3. The second-order valence-electron chi connectivity index (χ2n) is 3.74. The predicted octanol–water partition coefficient (Wildman–Crippen LogP) is 2.25. The summed E-state index contributed by atoms with van der Waals surface area (Å²) in [5, 5.41) is 9.57. The highest BCUT2D eigenvalue weighted by atomic mass is 32.1. The number of nitrogens with zero attached hydrogens (tertiary/aromatic N) is 1. The first-order valence-electron chi connectivity index (χ1n) is 5.22. The third kappa shape index (κ3) is 2.88. The lowest BCUT2D eigenvalue weighted by Crippen LogP contribution is -2.12. The van der Waals surface area contributed by atoms with Crippen molar-refractivity contribution in [2.75, 3.05) is 11.1 Å². The Labute approximate surface area is 105 Å². The molecule has 0 bridgehead atoms. The summed E-state index contributed by atoms with van der Waals surface area (Å²) in [5.74, 6) is 0.575. The van der Waals surface area contributed by atoms with Crippen LogP contribution in [0.5, 0.6) is 0 Å². The highest BCUT2D eigenvalue weighted by Gasteiger charge is 2.05. The van der Waals surface area contributed by atoms with Crippen molar-refractivity contribution < 1.29 is 4.79 Å². The van der Waals surface area contributed by atoms with E-state index in [4.69, 9.17) is 0 Å². The van der Waals surface area contributed by atoms with Gasteiger partial charge in [0.05, 0.1) is 11.4 Å². The molecule has 0 saturated carbocycles. The number of carbonyl (C=O) groups excluding carboxylic acids is 1. The first-order valence-corrected chi connectivity index (χ1v) is 5.85. The van der Waals surface area contributed by atoms with E-state index in [-0.39, 0.29) is 11.7 Å². The summed E-state index contributed by atoms with van der Waals surface area (Å²) in [6.07, 6.45) is 0. The summed E-state index contributed by atoms with van der Waals surface area (Å²) in [7, 11) is 0. The van der Waals surface area contributed by atoms with Crippen LogP contribution in [-0.2, 0) is 4.79 Å². The lowest BCUT2D eigenvalue weighted by Gasteiger charge is -1.97. The van der Waals surface area contributed by atoms with Gasteiger partial charge in [0.15, 0.2) is 0 Å². The van der Waals surface area contributed by atoms with Crippen molar-refractivity contribution >= 4 is 24.4 Å². The van der Waals surface area contributed by atoms with E-state index in [2.05, 4.69) is 28.1 Å². The van der Waals surface area contributed by atoms with Gasteiger partial charge in [0.25, 0.3) is 0 Å². The molecule has 0 saturated heterocycles. The summed E-state index contributed by atoms with van der Waals surface area (Å²) in [6, 6.07) is 9.84. The molecule has 17 heavy (non-hydrogen) atoms. The Bertz CT molecular complexity index is 519. The molecule has 88 valence electrons. The Morgan fingerprint density at radius 1 is 1.41 bits per heavy atom. The molecule has 1 aromatic heterocycles. The second kappa shape index (κ2) is 5.05. The van der Waals surface area contributed by atoms with E-state index < -0.39 is 0 Å². The van der Waals surface area contributed by atoms with Crippen LogP contribution in [0.4, 0.5) is 5.82 Å². The number of aryl methyl sites for hydroxylation is 1. The van der Waals surface area contributed by atoms with E-state index in [1.165, 1.54) is 5.56 Å². The van der Waals surface area contributed by atoms with Crippen LogP contribution in [0.2, 0.25) is 0 Å². The van der Waals surface area contributed by atoms with Gasteiger partial charge in [-0.3, -0.25) is 9.89 Å². The lowest BCUT2D eigenvalue weighted by atomic mass is 10.1. The molecule has 0 fully saturated rings. The number of thiol groups is 1. The van der Waals surface area contributed by atoms with Gasteiger partial charge in [-0.1, -0.05) is 29.8 Å². The summed E-state index contributed by atoms with van der Waals surface area (Å²) in [6.45, 7) is 2.03. The molecule has 0 unspecified atom stereocenters. The first-order chi connectivity index (χ1) is 8.19. The molecule has 0 radical (unpaired) electrons. The minimum absolute atomic E-state index is 0.152. The number of hydrogen-bond acceptors (Lipinski definition) is 3. The van der Waals surface area contributed by atoms with E-state index >= 15 is 0 Å². The zero-order valence-electron chi connectivity index (χ0n) is 9.40. The maximum absolute atomic E-state index is 11.1.